The second-order valence-electron chi connectivity index (χ2n) is 8.52. The average Bonchev–Trinajstić information content (AvgIpc) is 2.91. The molecule has 0 spiro atoms. The predicted molar refractivity (Wildman–Crippen MR) is 103 cm³/mol. The number of allylic oxidation sites excluding steroid dienone is 8. The summed E-state index contributed by atoms with van der Waals surface area (Å²) in [5, 5.41) is 0. The quantitative estimate of drug-likeness (QED) is 0.546. The standard InChI is InChI=1S/C24H27.Li/c1-16-13-19-15-18-7-5-6-8-21(18)23(22(19)14-16)17-9-11-20(12-10-17)24(2,3)4;/h9-13H,5-8,15H2,1-4H3;/q-1;+1. The Morgan fingerprint density at radius 1 is 0.960 bits per heavy atom. The van der Waals surface area contributed by atoms with Gasteiger partial charge in [0.25, 0.3) is 0 Å². The van der Waals surface area contributed by atoms with E-state index < -0.39 is 0 Å². The number of hydrogen-bond donors (Lipinski definition) is 0. The van der Waals surface area contributed by atoms with E-state index in [-0.39, 0.29) is 24.3 Å². The first-order valence-corrected chi connectivity index (χ1v) is 9.31. The third-order valence-electron chi connectivity index (χ3n) is 5.61. The fourth-order valence-corrected chi connectivity index (χ4v) is 4.31. The molecule has 3 aliphatic rings. The molecule has 0 saturated heterocycles. The molecule has 124 valence electrons. The van der Waals surface area contributed by atoms with Crippen molar-refractivity contribution in [2.45, 2.75) is 65.2 Å². The monoisotopic (exact) mass is 322 g/mol. The fraction of sp³-hybridized carbons (Fsp3) is 0.417. The molecule has 0 aromatic heterocycles. The first-order chi connectivity index (χ1) is 11.4. The molecule has 1 aromatic rings. The molecule has 1 aromatic carbocycles. The maximum Gasteiger partial charge on any atom is 1.00 e. The summed E-state index contributed by atoms with van der Waals surface area (Å²) in [5.74, 6) is 0. The molecule has 0 nitrogen and oxygen atoms in total. The SMILES string of the molecule is CC1=[C-]C2=C(c3ccc(C(C)(C)C)cc3)C3=C(CCCC3)CC2=C1.[Li+]. The van der Waals surface area contributed by atoms with Gasteiger partial charge in [-0.05, 0) is 43.1 Å². The molecule has 0 N–H and O–H groups in total. The minimum atomic E-state index is 0. The third kappa shape index (κ3) is 3.40. The van der Waals surface area contributed by atoms with Crippen LogP contribution in [0.25, 0.3) is 5.57 Å². The Balaban J connectivity index is 0.00000182. The summed E-state index contributed by atoms with van der Waals surface area (Å²) in [4.78, 5) is 0. The maximum absolute atomic E-state index is 3.65. The fourth-order valence-electron chi connectivity index (χ4n) is 4.31. The van der Waals surface area contributed by atoms with Gasteiger partial charge in [0.2, 0.25) is 0 Å². The van der Waals surface area contributed by atoms with Gasteiger partial charge < -0.3 is 0 Å². The number of benzene rings is 1. The van der Waals surface area contributed by atoms with Gasteiger partial charge in [-0.15, -0.1) is 17.2 Å². The average molecular weight is 322 g/mol. The van der Waals surface area contributed by atoms with Crippen molar-refractivity contribution in [1.82, 2.24) is 0 Å². The van der Waals surface area contributed by atoms with E-state index in [0.717, 1.165) is 6.42 Å². The van der Waals surface area contributed by atoms with Crippen molar-refractivity contribution in [3.8, 4) is 0 Å². The van der Waals surface area contributed by atoms with Crippen molar-refractivity contribution in [3.63, 3.8) is 0 Å². The van der Waals surface area contributed by atoms with Gasteiger partial charge in [0.15, 0.2) is 0 Å². The minimum absolute atomic E-state index is 0. The van der Waals surface area contributed by atoms with Gasteiger partial charge in [-0.1, -0.05) is 74.2 Å². The Labute approximate surface area is 165 Å². The Kier molecular flexibility index (Phi) is 5.07. The zero-order chi connectivity index (χ0) is 16.9. The molecule has 3 aliphatic carbocycles. The van der Waals surface area contributed by atoms with Crippen LogP contribution in [0.15, 0.2) is 58.2 Å². The Hall–Kier alpha value is -1.22. The molecule has 4 rings (SSSR count). The van der Waals surface area contributed by atoms with Crippen LogP contribution >= 0.6 is 0 Å². The van der Waals surface area contributed by atoms with E-state index in [1.807, 2.05) is 0 Å². The number of hydrogen-bond acceptors (Lipinski definition) is 0. The van der Waals surface area contributed by atoms with Gasteiger partial charge in [-0.25, -0.2) is 0 Å². The zero-order valence-corrected chi connectivity index (χ0v) is 16.4. The maximum atomic E-state index is 3.65. The van der Waals surface area contributed by atoms with Crippen LogP contribution in [-0.4, -0.2) is 0 Å². The van der Waals surface area contributed by atoms with Crippen molar-refractivity contribution < 1.29 is 18.9 Å². The predicted octanol–water partition coefficient (Wildman–Crippen LogP) is 3.71. The van der Waals surface area contributed by atoms with Gasteiger partial charge in [0.05, 0.1) is 0 Å². The Morgan fingerprint density at radius 3 is 2.32 bits per heavy atom. The molecule has 0 aliphatic heterocycles. The summed E-state index contributed by atoms with van der Waals surface area (Å²) in [7, 11) is 0. The van der Waals surface area contributed by atoms with Crippen LogP contribution in [0.1, 0.15) is 70.9 Å². The second kappa shape index (κ2) is 6.83. The van der Waals surface area contributed by atoms with Gasteiger partial charge >= 0.3 is 18.9 Å². The molecule has 0 saturated carbocycles. The van der Waals surface area contributed by atoms with Crippen molar-refractivity contribution in [1.29, 1.82) is 0 Å². The summed E-state index contributed by atoms with van der Waals surface area (Å²) in [6.07, 6.45) is 12.4. The number of rotatable bonds is 1. The summed E-state index contributed by atoms with van der Waals surface area (Å²) >= 11 is 0. The van der Waals surface area contributed by atoms with E-state index in [1.165, 1.54) is 59.1 Å². The largest absolute Gasteiger partial charge is 1.00 e. The van der Waals surface area contributed by atoms with Gasteiger partial charge in [-0.3, -0.25) is 0 Å². The van der Waals surface area contributed by atoms with Crippen LogP contribution in [0.2, 0.25) is 0 Å². The first kappa shape index (κ1) is 18.6. The number of fused-ring (bicyclic) bond motifs is 1. The van der Waals surface area contributed by atoms with Crippen LogP contribution in [0.3, 0.4) is 0 Å². The smallest absolute Gasteiger partial charge is 0.169 e. The van der Waals surface area contributed by atoms with Crippen molar-refractivity contribution in [3.05, 3.63) is 75.4 Å². The molecule has 1 heteroatoms. The Bertz CT molecular complexity index is 805. The van der Waals surface area contributed by atoms with Crippen molar-refractivity contribution >= 4 is 5.57 Å². The third-order valence-corrected chi connectivity index (χ3v) is 5.61. The van der Waals surface area contributed by atoms with Gasteiger partial charge in [0.1, 0.15) is 0 Å². The molecular weight excluding hydrogens is 295 g/mol. The van der Waals surface area contributed by atoms with Gasteiger partial charge in [0, 0.05) is 0 Å². The van der Waals surface area contributed by atoms with E-state index in [4.69, 9.17) is 0 Å². The first-order valence-electron chi connectivity index (χ1n) is 9.31. The summed E-state index contributed by atoms with van der Waals surface area (Å²) in [6.45, 7) is 9.02. The van der Waals surface area contributed by atoms with E-state index in [0.29, 0.717) is 0 Å². The second-order valence-corrected chi connectivity index (χ2v) is 8.52. The van der Waals surface area contributed by atoms with E-state index in [2.05, 4.69) is 64.1 Å². The summed E-state index contributed by atoms with van der Waals surface area (Å²) in [5.41, 5.74) is 11.9. The molecule has 0 atom stereocenters. The molecule has 0 bridgehead atoms. The van der Waals surface area contributed by atoms with E-state index in [9.17, 15) is 0 Å². The molecule has 0 radical (unpaired) electrons. The summed E-state index contributed by atoms with van der Waals surface area (Å²) < 4.78 is 0. The van der Waals surface area contributed by atoms with Crippen LogP contribution in [0.5, 0.6) is 0 Å². The van der Waals surface area contributed by atoms with Crippen molar-refractivity contribution in [2.75, 3.05) is 0 Å². The van der Waals surface area contributed by atoms with Crippen LogP contribution in [0, 0.1) is 6.08 Å². The van der Waals surface area contributed by atoms with Crippen LogP contribution < -0.4 is 18.9 Å². The molecule has 0 amide bonds. The van der Waals surface area contributed by atoms with Crippen molar-refractivity contribution in [2.24, 2.45) is 0 Å². The van der Waals surface area contributed by atoms with Gasteiger partial charge in [-0.2, -0.15) is 11.6 Å². The molecule has 0 unspecified atom stereocenters. The minimum Gasteiger partial charge on any atom is -0.169 e. The van der Waals surface area contributed by atoms with Crippen LogP contribution in [-0.2, 0) is 5.41 Å². The molecule has 25 heavy (non-hydrogen) atoms. The van der Waals surface area contributed by atoms with E-state index >= 15 is 0 Å². The topological polar surface area (TPSA) is 0 Å². The normalized spacial score (nSPS) is 19.8. The molecular formula is C24H27Li. The molecule has 0 fully saturated rings. The zero-order valence-electron chi connectivity index (χ0n) is 16.4. The Morgan fingerprint density at radius 2 is 1.64 bits per heavy atom. The molecule has 0 heterocycles. The van der Waals surface area contributed by atoms with Crippen LogP contribution in [0.4, 0.5) is 0 Å². The van der Waals surface area contributed by atoms with E-state index in [1.54, 1.807) is 11.1 Å². The summed E-state index contributed by atoms with van der Waals surface area (Å²) in [6, 6.07) is 9.30.